The zero-order valence-corrected chi connectivity index (χ0v) is 10.3. The predicted octanol–water partition coefficient (Wildman–Crippen LogP) is 3.94. The van der Waals surface area contributed by atoms with E-state index >= 15 is 0 Å². The monoisotopic (exact) mass is 234 g/mol. The fraction of sp³-hybridized carbons (Fsp3) is 0.500. The van der Waals surface area contributed by atoms with Crippen molar-refractivity contribution in [2.24, 2.45) is 0 Å². The van der Waals surface area contributed by atoms with Crippen molar-refractivity contribution in [3.8, 4) is 0 Å². The third-order valence-corrected chi connectivity index (χ3v) is 4.47. The average Bonchev–Trinajstić information content (AvgIpc) is 2.38. The first kappa shape index (κ1) is 11.7. The van der Waals surface area contributed by atoms with Gasteiger partial charge in [-0.1, -0.05) is 49.6 Å². The molecule has 0 bridgehead atoms. The molecule has 0 amide bonds. The molecule has 0 aromatic heterocycles. The van der Waals surface area contributed by atoms with Crippen molar-refractivity contribution < 1.29 is 4.79 Å². The number of rotatable bonds is 4. The standard InChI is InChI=1S/C14H18OS/c15-14(12-7-3-1-4-8-12)11-16-13-9-5-2-6-10-13/h1,3-4,7-8,13H,2,5-6,9-11H2. The second kappa shape index (κ2) is 6.09. The summed E-state index contributed by atoms with van der Waals surface area (Å²) in [5, 5.41) is 0.724. The highest BCUT2D eigenvalue weighted by molar-refractivity contribution is 8.00. The quantitative estimate of drug-likeness (QED) is 0.734. The lowest BCUT2D eigenvalue weighted by atomic mass is 10.0. The Morgan fingerprint density at radius 2 is 1.81 bits per heavy atom. The Balaban J connectivity index is 1.79. The molecule has 2 heteroatoms. The summed E-state index contributed by atoms with van der Waals surface area (Å²) in [7, 11) is 0. The zero-order valence-electron chi connectivity index (χ0n) is 9.52. The molecule has 0 spiro atoms. The van der Waals surface area contributed by atoms with Crippen molar-refractivity contribution in [1.29, 1.82) is 0 Å². The zero-order chi connectivity index (χ0) is 11.2. The number of thioether (sulfide) groups is 1. The average molecular weight is 234 g/mol. The van der Waals surface area contributed by atoms with E-state index in [9.17, 15) is 4.79 Å². The van der Waals surface area contributed by atoms with Crippen LogP contribution in [0.15, 0.2) is 30.3 Å². The summed E-state index contributed by atoms with van der Waals surface area (Å²) >= 11 is 1.85. The Morgan fingerprint density at radius 3 is 2.50 bits per heavy atom. The summed E-state index contributed by atoms with van der Waals surface area (Å²) in [5.74, 6) is 0.922. The molecule has 1 saturated carbocycles. The van der Waals surface area contributed by atoms with Gasteiger partial charge in [-0.15, -0.1) is 0 Å². The van der Waals surface area contributed by atoms with Crippen molar-refractivity contribution in [2.75, 3.05) is 5.75 Å². The third-order valence-electron chi connectivity index (χ3n) is 3.10. The topological polar surface area (TPSA) is 17.1 Å². The number of hydrogen-bond acceptors (Lipinski definition) is 2. The molecule has 0 atom stereocenters. The molecule has 86 valence electrons. The largest absolute Gasteiger partial charge is 0.293 e. The van der Waals surface area contributed by atoms with Gasteiger partial charge in [0.25, 0.3) is 0 Å². The molecule has 1 nitrogen and oxygen atoms in total. The molecule has 1 aromatic rings. The normalized spacial score (nSPS) is 17.2. The van der Waals surface area contributed by atoms with Crippen molar-refractivity contribution in [2.45, 2.75) is 37.4 Å². The Labute approximate surface area is 102 Å². The Bertz CT molecular complexity index is 328. The van der Waals surface area contributed by atoms with Gasteiger partial charge in [-0.3, -0.25) is 4.79 Å². The summed E-state index contributed by atoms with van der Waals surface area (Å²) in [6.45, 7) is 0. The summed E-state index contributed by atoms with van der Waals surface area (Å²) in [6.07, 6.45) is 6.66. The lowest BCUT2D eigenvalue weighted by Gasteiger charge is -2.20. The minimum absolute atomic E-state index is 0.274. The maximum absolute atomic E-state index is 11.9. The van der Waals surface area contributed by atoms with Crippen LogP contribution in [0.25, 0.3) is 0 Å². The molecule has 0 heterocycles. The van der Waals surface area contributed by atoms with Crippen LogP contribution in [-0.2, 0) is 0 Å². The fourth-order valence-electron chi connectivity index (χ4n) is 2.13. The van der Waals surface area contributed by atoms with E-state index < -0.39 is 0 Å². The van der Waals surface area contributed by atoms with Gasteiger partial charge in [0.15, 0.2) is 5.78 Å². The van der Waals surface area contributed by atoms with E-state index in [1.807, 2.05) is 42.1 Å². The number of Topliss-reactive ketones (excluding diaryl/α,β-unsaturated/α-hetero) is 1. The van der Waals surface area contributed by atoms with Gasteiger partial charge in [0.1, 0.15) is 0 Å². The molecule has 0 N–H and O–H groups in total. The molecule has 1 aliphatic carbocycles. The summed E-state index contributed by atoms with van der Waals surface area (Å²) in [4.78, 5) is 11.9. The smallest absolute Gasteiger partial charge is 0.172 e. The lowest BCUT2D eigenvalue weighted by Crippen LogP contribution is -2.12. The summed E-state index contributed by atoms with van der Waals surface area (Å²) in [5.41, 5.74) is 0.853. The van der Waals surface area contributed by atoms with Gasteiger partial charge in [-0.05, 0) is 12.8 Å². The van der Waals surface area contributed by atoms with Crippen LogP contribution in [0.2, 0.25) is 0 Å². The molecule has 1 fully saturated rings. The number of benzene rings is 1. The molecule has 1 aliphatic rings. The number of hydrogen-bond donors (Lipinski definition) is 0. The Morgan fingerprint density at radius 1 is 1.12 bits per heavy atom. The van der Waals surface area contributed by atoms with Crippen molar-refractivity contribution in [1.82, 2.24) is 0 Å². The van der Waals surface area contributed by atoms with E-state index in [0.29, 0.717) is 5.75 Å². The maximum Gasteiger partial charge on any atom is 0.172 e. The lowest BCUT2D eigenvalue weighted by molar-refractivity contribution is 0.102. The van der Waals surface area contributed by atoms with E-state index in [4.69, 9.17) is 0 Å². The van der Waals surface area contributed by atoms with Gasteiger partial charge < -0.3 is 0 Å². The highest BCUT2D eigenvalue weighted by Gasteiger charge is 2.15. The van der Waals surface area contributed by atoms with Crippen molar-refractivity contribution in [3.63, 3.8) is 0 Å². The Hall–Kier alpha value is -0.760. The minimum Gasteiger partial charge on any atom is -0.293 e. The molecular formula is C14H18OS. The first-order valence-corrected chi connectivity index (χ1v) is 7.11. The van der Waals surface area contributed by atoms with Gasteiger partial charge >= 0.3 is 0 Å². The SMILES string of the molecule is O=C(CSC1CCCCC1)c1ccccc1. The predicted molar refractivity (Wildman–Crippen MR) is 70.1 cm³/mol. The summed E-state index contributed by atoms with van der Waals surface area (Å²) in [6, 6.07) is 9.62. The van der Waals surface area contributed by atoms with Gasteiger partial charge in [0.05, 0.1) is 5.75 Å². The summed E-state index contributed by atoms with van der Waals surface area (Å²) < 4.78 is 0. The van der Waals surface area contributed by atoms with Crippen LogP contribution in [-0.4, -0.2) is 16.8 Å². The maximum atomic E-state index is 11.9. The van der Waals surface area contributed by atoms with Crippen LogP contribution in [0, 0.1) is 0 Å². The van der Waals surface area contributed by atoms with Crippen LogP contribution in [0.4, 0.5) is 0 Å². The highest BCUT2D eigenvalue weighted by Crippen LogP contribution is 2.28. The van der Waals surface area contributed by atoms with Crippen molar-refractivity contribution in [3.05, 3.63) is 35.9 Å². The fourth-order valence-corrected chi connectivity index (χ4v) is 3.35. The number of carbonyl (C=O) groups excluding carboxylic acids is 1. The van der Waals surface area contributed by atoms with E-state index in [1.165, 1.54) is 32.1 Å². The third kappa shape index (κ3) is 3.38. The van der Waals surface area contributed by atoms with Gasteiger partial charge in [0, 0.05) is 10.8 Å². The first-order valence-electron chi connectivity index (χ1n) is 6.06. The van der Waals surface area contributed by atoms with E-state index in [0.717, 1.165) is 10.8 Å². The van der Waals surface area contributed by atoms with Crippen LogP contribution in [0.3, 0.4) is 0 Å². The Kier molecular flexibility index (Phi) is 4.46. The first-order chi connectivity index (χ1) is 7.86. The highest BCUT2D eigenvalue weighted by atomic mass is 32.2. The van der Waals surface area contributed by atoms with Gasteiger partial charge in [0.2, 0.25) is 0 Å². The molecule has 0 aliphatic heterocycles. The molecule has 0 radical (unpaired) electrons. The second-order valence-corrected chi connectivity index (χ2v) is 5.65. The van der Waals surface area contributed by atoms with Gasteiger partial charge in [-0.2, -0.15) is 11.8 Å². The van der Waals surface area contributed by atoms with Gasteiger partial charge in [-0.25, -0.2) is 0 Å². The molecule has 0 saturated heterocycles. The van der Waals surface area contributed by atoms with Crippen LogP contribution in [0.5, 0.6) is 0 Å². The van der Waals surface area contributed by atoms with Crippen LogP contribution >= 0.6 is 11.8 Å². The van der Waals surface area contributed by atoms with Crippen LogP contribution in [0.1, 0.15) is 42.5 Å². The molecule has 2 rings (SSSR count). The molecule has 0 unspecified atom stereocenters. The van der Waals surface area contributed by atoms with E-state index in [1.54, 1.807) is 0 Å². The second-order valence-electron chi connectivity index (χ2n) is 4.36. The van der Waals surface area contributed by atoms with Crippen molar-refractivity contribution >= 4 is 17.5 Å². The molecule has 1 aromatic carbocycles. The van der Waals surface area contributed by atoms with E-state index in [2.05, 4.69) is 0 Å². The van der Waals surface area contributed by atoms with Crippen LogP contribution < -0.4 is 0 Å². The molecule has 16 heavy (non-hydrogen) atoms. The van der Waals surface area contributed by atoms with E-state index in [-0.39, 0.29) is 5.78 Å². The minimum atomic E-state index is 0.274. The number of ketones is 1. The molecular weight excluding hydrogens is 216 g/mol. The number of carbonyl (C=O) groups is 1.